The molecule has 1 amide bonds. The second-order valence-electron chi connectivity index (χ2n) is 7.62. The quantitative estimate of drug-likeness (QED) is 0.807. The van der Waals surface area contributed by atoms with Gasteiger partial charge in [0.2, 0.25) is 5.91 Å². The van der Waals surface area contributed by atoms with Gasteiger partial charge in [-0.1, -0.05) is 32.9 Å². The smallest absolute Gasteiger partial charge is 0.237 e. The van der Waals surface area contributed by atoms with E-state index in [4.69, 9.17) is 15.2 Å². The van der Waals surface area contributed by atoms with Gasteiger partial charge in [-0.3, -0.25) is 4.79 Å². The van der Waals surface area contributed by atoms with E-state index < -0.39 is 6.04 Å². The second kappa shape index (κ2) is 9.41. The normalized spacial score (nSPS) is 18.4. The Labute approximate surface area is 157 Å². The first kappa shape index (κ1) is 21.7. The van der Waals surface area contributed by atoms with Crippen LogP contribution in [0.3, 0.4) is 0 Å². The summed E-state index contributed by atoms with van der Waals surface area (Å²) in [5.41, 5.74) is 7.81. The summed E-state index contributed by atoms with van der Waals surface area (Å²) in [4.78, 5) is 12.2. The van der Waals surface area contributed by atoms with Gasteiger partial charge in [0.1, 0.15) is 12.4 Å². The predicted octanol–water partition coefficient (Wildman–Crippen LogP) is 2.96. The monoisotopic (exact) mass is 370 g/mol. The van der Waals surface area contributed by atoms with Gasteiger partial charge < -0.3 is 20.5 Å². The predicted molar refractivity (Wildman–Crippen MR) is 102 cm³/mol. The first-order valence-electron chi connectivity index (χ1n) is 8.64. The number of halogens is 1. The molecule has 3 N–H and O–H groups in total. The number of hydrogen-bond acceptors (Lipinski definition) is 4. The van der Waals surface area contributed by atoms with E-state index in [1.807, 2.05) is 45.9 Å². The lowest BCUT2D eigenvalue weighted by molar-refractivity contribution is -0.124. The third-order valence-corrected chi connectivity index (χ3v) is 4.34. The van der Waals surface area contributed by atoms with E-state index in [1.165, 1.54) is 0 Å². The minimum Gasteiger partial charge on any atom is -0.491 e. The number of benzene rings is 1. The van der Waals surface area contributed by atoms with Crippen LogP contribution in [0, 0.1) is 12.3 Å². The highest BCUT2D eigenvalue weighted by Crippen LogP contribution is 2.23. The van der Waals surface area contributed by atoms with Gasteiger partial charge >= 0.3 is 0 Å². The first-order valence-corrected chi connectivity index (χ1v) is 8.64. The highest BCUT2D eigenvalue weighted by atomic mass is 35.5. The topological polar surface area (TPSA) is 73.6 Å². The molecule has 1 aromatic carbocycles. The van der Waals surface area contributed by atoms with Crippen molar-refractivity contribution in [1.29, 1.82) is 0 Å². The standard InChI is InChI=1S/C19H30N2O3.ClH/c1-13-7-8-14(11-21-18(22)17(20)19(2,3)4)16(10-13)24-12-15-6-5-9-23-15;/h7-8,10,15,17H,5-6,9,11-12,20H2,1-4H3,(H,21,22);1H/t15?,17-;/m1./s1. The number of hydrogen-bond donors (Lipinski definition) is 2. The van der Waals surface area contributed by atoms with Crippen molar-refractivity contribution in [3.63, 3.8) is 0 Å². The summed E-state index contributed by atoms with van der Waals surface area (Å²) >= 11 is 0. The molecule has 2 rings (SSSR count). The van der Waals surface area contributed by atoms with Crippen molar-refractivity contribution in [3.05, 3.63) is 29.3 Å². The molecule has 1 unspecified atom stereocenters. The van der Waals surface area contributed by atoms with Crippen molar-refractivity contribution in [2.75, 3.05) is 13.2 Å². The van der Waals surface area contributed by atoms with Crippen LogP contribution in [0.25, 0.3) is 0 Å². The summed E-state index contributed by atoms with van der Waals surface area (Å²) in [6.07, 6.45) is 2.30. The Hall–Kier alpha value is -1.30. The van der Waals surface area contributed by atoms with Crippen molar-refractivity contribution in [2.24, 2.45) is 11.1 Å². The summed E-state index contributed by atoms with van der Waals surface area (Å²) in [6, 6.07) is 5.46. The van der Waals surface area contributed by atoms with E-state index in [0.717, 1.165) is 36.3 Å². The molecular formula is C19H31ClN2O3. The van der Waals surface area contributed by atoms with E-state index in [0.29, 0.717) is 13.2 Å². The molecule has 25 heavy (non-hydrogen) atoms. The molecule has 142 valence electrons. The fraction of sp³-hybridized carbons (Fsp3) is 0.632. The molecule has 0 bridgehead atoms. The number of ether oxygens (including phenoxy) is 2. The SMILES string of the molecule is Cc1ccc(CNC(=O)[C@@H](N)C(C)(C)C)c(OCC2CCCO2)c1.Cl. The summed E-state index contributed by atoms with van der Waals surface area (Å²) in [7, 11) is 0. The molecule has 1 fully saturated rings. The Bertz CT molecular complexity index is 566. The highest BCUT2D eigenvalue weighted by Gasteiger charge is 2.27. The van der Waals surface area contributed by atoms with Gasteiger partial charge in [0.15, 0.2) is 0 Å². The first-order chi connectivity index (χ1) is 11.3. The molecule has 0 saturated carbocycles. The lowest BCUT2D eigenvalue weighted by atomic mass is 9.87. The van der Waals surface area contributed by atoms with Gasteiger partial charge in [-0.15, -0.1) is 12.4 Å². The third kappa shape index (κ3) is 6.49. The van der Waals surface area contributed by atoms with Crippen molar-refractivity contribution in [1.82, 2.24) is 5.32 Å². The Balaban J connectivity index is 0.00000312. The van der Waals surface area contributed by atoms with Crippen molar-refractivity contribution in [2.45, 2.75) is 59.2 Å². The molecule has 6 heteroatoms. The molecule has 0 spiro atoms. The van der Waals surface area contributed by atoms with Crippen LogP contribution in [0.1, 0.15) is 44.7 Å². The maximum Gasteiger partial charge on any atom is 0.237 e. The molecule has 0 aliphatic carbocycles. The van der Waals surface area contributed by atoms with Crippen LogP contribution in [0.2, 0.25) is 0 Å². The van der Waals surface area contributed by atoms with Crippen molar-refractivity contribution >= 4 is 18.3 Å². The molecule has 1 aliphatic heterocycles. The van der Waals surface area contributed by atoms with E-state index in [2.05, 4.69) is 5.32 Å². The van der Waals surface area contributed by atoms with Crippen LogP contribution < -0.4 is 15.8 Å². The molecule has 1 saturated heterocycles. The average Bonchev–Trinajstić information content (AvgIpc) is 3.03. The van der Waals surface area contributed by atoms with Crippen molar-refractivity contribution < 1.29 is 14.3 Å². The Morgan fingerprint density at radius 3 is 2.76 bits per heavy atom. The Morgan fingerprint density at radius 1 is 1.44 bits per heavy atom. The second-order valence-corrected chi connectivity index (χ2v) is 7.62. The largest absolute Gasteiger partial charge is 0.491 e. The van der Waals surface area contributed by atoms with Crippen LogP contribution in [0.4, 0.5) is 0 Å². The molecular weight excluding hydrogens is 340 g/mol. The number of nitrogens with one attached hydrogen (secondary N) is 1. The van der Waals surface area contributed by atoms with Crippen LogP contribution >= 0.6 is 12.4 Å². The Morgan fingerprint density at radius 2 is 2.16 bits per heavy atom. The van der Waals surface area contributed by atoms with Gasteiger partial charge in [0.25, 0.3) is 0 Å². The van der Waals surface area contributed by atoms with Gasteiger partial charge in [0, 0.05) is 18.7 Å². The molecule has 1 heterocycles. The maximum absolute atomic E-state index is 12.2. The molecule has 0 radical (unpaired) electrons. The van der Waals surface area contributed by atoms with Crippen LogP contribution in [0.15, 0.2) is 18.2 Å². The number of rotatable bonds is 6. The van der Waals surface area contributed by atoms with E-state index >= 15 is 0 Å². The molecule has 1 aromatic rings. The van der Waals surface area contributed by atoms with Crippen LogP contribution in [0.5, 0.6) is 5.75 Å². The fourth-order valence-corrected chi connectivity index (χ4v) is 2.59. The average molecular weight is 371 g/mol. The van der Waals surface area contributed by atoms with Crippen molar-refractivity contribution in [3.8, 4) is 5.75 Å². The number of aryl methyl sites for hydroxylation is 1. The van der Waals surface area contributed by atoms with Crippen LogP contribution in [-0.2, 0) is 16.1 Å². The summed E-state index contributed by atoms with van der Waals surface area (Å²) in [5, 5.41) is 2.92. The van der Waals surface area contributed by atoms with Gasteiger partial charge in [-0.05, 0) is 36.8 Å². The summed E-state index contributed by atoms with van der Waals surface area (Å²) in [6.45, 7) is 9.67. The zero-order valence-corrected chi connectivity index (χ0v) is 16.4. The molecule has 2 atom stereocenters. The number of carbonyl (C=O) groups excluding carboxylic acids is 1. The van der Waals surface area contributed by atoms with E-state index in [-0.39, 0.29) is 29.8 Å². The number of carbonyl (C=O) groups is 1. The Kier molecular flexibility index (Phi) is 8.19. The number of nitrogens with two attached hydrogens (primary N) is 1. The third-order valence-electron chi connectivity index (χ3n) is 4.34. The zero-order valence-electron chi connectivity index (χ0n) is 15.6. The minimum absolute atomic E-state index is 0. The minimum atomic E-state index is -0.542. The molecule has 0 aromatic heterocycles. The lowest BCUT2D eigenvalue weighted by Crippen LogP contribution is -2.48. The summed E-state index contributed by atoms with van der Waals surface area (Å²) < 4.78 is 11.6. The van der Waals surface area contributed by atoms with Gasteiger partial charge in [0.05, 0.1) is 12.1 Å². The zero-order chi connectivity index (χ0) is 17.7. The maximum atomic E-state index is 12.2. The summed E-state index contributed by atoms with van der Waals surface area (Å²) in [5.74, 6) is 0.656. The fourth-order valence-electron chi connectivity index (χ4n) is 2.59. The van der Waals surface area contributed by atoms with E-state index in [9.17, 15) is 4.79 Å². The van der Waals surface area contributed by atoms with Gasteiger partial charge in [-0.25, -0.2) is 0 Å². The highest BCUT2D eigenvalue weighted by molar-refractivity contribution is 5.85. The van der Waals surface area contributed by atoms with Gasteiger partial charge in [-0.2, -0.15) is 0 Å². The molecule has 5 nitrogen and oxygen atoms in total. The van der Waals surface area contributed by atoms with E-state index in [1.54, 1.807) is 0 Å². The lowest BCUT2D eigenvalue weighted by Gasteiger charge is -2.26. The van der Waals surface area contributed by atoms with Crippen LogP contribution in [-0.4, -0.2) is 31.3 Å². The molecule has 1 aliphatic rings. The number of amides is 1.